The molecule has 3 N–H and O–H groups in total. The second kappa shape index (κ2) is 8.65. The summed E-state index contributed by atoms with van der Waals surface area (Å²) >= 11 is 0. The molecule has 24 heavy (non-hydrogen) atoms. The van der Waals surface area contributed by atoms with Gasteiger partial charge in [-0.2, -0.15) is 5.10 Å². The smallest absolute Gasteiger partial charge is 0.252 e. The van der Waals surface area contributed by atoms with E-state index >= 15 is 0 Å². The highest BCUT2D eigenvalue weighted by Crippen LogP contribution is 2.22. The van der Waals surface area contributed by atoms with E-state index in [1.807, 2.05) is 25.5 Å². The quantitative estimate of drug-likeness (QED) is 0.840. The van der Waals surface area contributed by atoms with Crippen LogP contribution in [0.1, 0.15) is 56.2 Å². The van der Waals surface area contributed by atoms with Crippen molar-refractivity contribution < 1.29 is 4.79 Å². The van der Waals surface area contributed by atoms with E-state index < -0.39 is 5.54 Å². The fraction of sp³-hybridized carbons (Fsp3) is 0.562. The van der Waals surface area contributed by atoms with Crippen LogP contribution in [0.15, 0.2) is 12.3 Å². The molecule has 136 valence electrons. The predicted octanol–water partition coefficient (Wildman–Crippen LogP) is 3.02. The summed E-state index contributed by atoms with van der Waals surface area (Å²) in [7, 11) is 0. The van der Waals surface area contributed by atoms with Gasteiger partial charge < -0.3 is 11.1 Å². The van der Waals surface area contributed by atoms with Gasteiger partial charge in [0.2, 0.25) is 0 Å². The first-order valence-corrected chi connectivity index (χ1v) is 7.65. The van der Waals surface area contributed by atoms with E-state index in [9.17, 15) is 4.79 Å². The van der Waals surface area contributed by atoms with Crippen LogP contribution in [0.3, 0.4) is 0 Å². The van der Waals surface area contributed by atoms with E-state index in [0.29, 0.717) is 12.1 Å². The van der Waals surface area contributed by atoms with Crippen LogP contribution in [0, 0.1) is 6.92 Å². The maximum absolute atomic E-state index is 12.5. The van der Waals surface area contributed by atoms with E-state index in [4.69, 9.17) is 5.73 Å². The molecule has 0 aromatic carbocycles. The Kier molecular flexibility index (Phi) is 8.15. The number of aryl methyl sites for hydroxylation is 1. The van der Waals surface area contributed by atoms with Crippen molar-refractivity contribution in [1.82, 2.24) is 20.1 Å². The van der Waals surface area contributed by atoms with Gasteiger partial charge in [-0.15, -0.1) is 24.8 Å². The third kappa shape index (κ3) is 5.06. The molecule has 6 nitrogen and oxygen atoms in total. The van der Waals surface area contributed by atoms with Crippen molar-refractivity contribution >= 4 is 41.8 Å². The molecule has 0 bridgehead atoms. The number of pyridine rings is 1. The Bertz CT molecular complexity index is 694. The van der Waals surface area contributed by atoms with Crippen LogP contribution in [-0.2, 0) is 0 Å². The van der Waals surface area contributed by atoms with Crippen LogP contribution in [0.2, 0.25) is 0 Å². The summed E-state index contributed by atoms with van der Waals surface area (Å²) < 4.78 is 1.88. The van der Waals surface area contributed by atoms with Crippen LogP contribution in [-0.4, -0.2) is 32.8 Å². The number of amides is 1. The van der Waals surface area contributed by atoms with Crippen molar-refractivity contribution in [1.29, 1.82) is 0 Å². The molecular weight excluding hydrogens is 349 g/mol. The van der Waals surface area contributed by atoms with Crippen molar-refractivity contribution in [2.45, 2.75) is 52.6 Å². The normalized spacial score (nSPS) is 12.2. The molecule has 0 radical (unpaired) electrons. The van der Waals surface area contributed by atoms with Crippen LogP contribution in [0.5, 0.6) is 0 Å². The summed E-state index contributed by atoms with van der Waals surface area (Å²) in [5.74, 6) is -0.141. The van der Waals surface area contributed by atoms with Gasteiger partial charge in [0.05, 0.1) is 23.2 Å². The van der Waals surface area contributed by atoms with Gasteiger partial charge in [-0.25, -0.2) is 9.67 Å². The molecule has 1 atom stereocenters. The Morgan fingerprint density at radius 3 is 2.58 bits per heavy atom. The number of fused-ring (bicyclic) bond motifs is 1. The predicted molar refractivity (Wildman–Crippen MR) is 102 cm³/mol. The lowest BCUT2D eigenvalue weighted by Gasteiger charge is -2.19. The Morgan fingerprint density at radius 1 is 1.42 bits per heavy atom. The summed E-state index contributed by atoms with van der Waals surface area (Å²) in [5, 5.41) is 8.07. The largest absolute Gasteiger partial charge is 0.350 e. The minimum absolute atomic E-state index is 0. The first kappa shape index (κ1) is 22.6. The minimum Gasteiger partial charge on any atom is -0.350 e. The highest BCUT2D eigenvalue weighted by molar-refractivity contribution is 6.05. The zero-order valence-electron chi connectivity index (χ0n) is 14.8. The number of nitrogens with one attached hydrogen (secondary N) is 1. The first-order chi connectivity index (χ1) is 10.2. The summed E-state index contributed by atoms with van der Waals surface area (Å²) in [5.41, 5.74) is 7.63. The van der Waals surface area contributed by atoms with Crippen LogP contribution in [0.4, 0.5) is 0 Å². The number of nitrogens with zero attached hydrogens (tertiary/aromatic N) is 3. The third-order valence-electron chi connectivity index (χ3n) is 3.65. The van der Waals surface area contributed by atoms with E-state index in [2.05, 4.69) is 29.2 Å². The summed E-state index contributed by atoms with van der Waals surface area (Å²) in [4.78, 5) is 17.0. The van der Waals surface area contributed by atoms with Gasteiger partial charge in [0, 0.05) is 17.8 Å². The Morgan fingerprint density at radius 2 is 2.04 bits per heavy atom. The molecule has 0 fully saturated rings. The van der Waals surface area contributed by atoms with Gasteiger partial charge in [0.15, 0.2) is 5.65 Å². The van der Waals surface area contributed by atoms with E-state index in [1.165, 1.54) is 0 Å². The number of nitrogens with two attached hydrogens (primary N) is 1. The van der Waals surface area contributed by atoms with Gasteiger partial charge in [-0.1, -0.05) is 6.92 Å². The van der Waals surface area contributed by atoms with Gasteiger partial charge in [-0.3, -0.25) is 4.79 Å². The number of hydrogen-bond donors (Lipinski definition) is 2. The van der Waals surface area contributed by atoms with Gasteiger partial charge in [0.1, 0.15) is 0 Å². The average Bonchev–Trinajstić information content (AvgIpc) is 2.85. The third-order valence-corrected chi connectivity index (χ3v) is 3.65. The zero-order valence-corrected chi connectivity index (χ0v) is 16.4. The molecule has 0 aliphatic carbocycles. The Balaban J connectivity index is 0.00000264. The second-order valence-electron chi connectivity index (χ2n) is 6.57. The molecule has 2 aromatic rings. The molecule has 0 saturated heterocycles. The van der Waals surface area contributed by atoms with Crippen molar-refractivity contribution in [3.8, 4) is 0 Å². The summed E-state index contributed by atoms with van der Waals surface area (Å²) in [6, 6.07) is 2.04. The van der Waals surface area contributed by atoms with Gasteiger partial charge >= 0.3 is 0 Å². The highest BCUT2D eigenvalue weighted by atomic mass is 35.5. The van der Waals surface area contributed by atoms with Crippen molar-refractivity contribution in [3.63, 3.8) is 0 Å². The minimum atomic E-state index is -0.447. The molecule has 2 rings (SSSR count). The standard InChI is InChI=1S/C16H25N5O.2ClH/c1-6-11(3)21-14-13(8-19-21)12(7-10(2)20-14)15(22)18-9-16(4,5)17;;/h7-8,11H,6,9,17H2,1-5H3,(H,18,22);2*1H. The maximum Gasteiger partial charge on any atom is 0.252 e. The molecule has 0 spiro atoms. The number of halogens is 2. The highest BCUT2D eigenvalue weighted by Gasteiger charge is 2.19. The van der Waals surface area contributed by atoms with Gasteiger partial charge in [-0.05, 0) is 40.2 Å². The topological polar surface area (TPSA) is 85.8 Å². The number of hydrogen-bond acceptors (Lipinski definition) is 4. The summed E-state index contributed by atoms with van der Waals surface area (Å²) in [6.45, 7) is 10.2. The molecular formula is C16H27Cl2N5O. The first-order valence-electron chi connectivity index (χ1n) is 7.65. The maximum atomic E-state index is 12.5. The molecule has 2 aromatic heterocycles. The second-order valence-corrected chi connectivity index (χ2v) is 6.57. The number of carbonyl (C=O) groups is 1. The monoisotopic (exact) mass is 375 g/mol. The fourth-order valence-corrected chi connectivity index (χ4v) is 2.23. The zero-order chi connectivity index (χ0) is 16.5. The molecule has 1 unspecified atom stereocenters. The molecule has 8 heteroatoms. The lowest BCUT2D eigenvalue weighted by atomic mass is 10.1. The van der Waals surface area contributed by atoms with E-state index in [1.54, 1.807) is 12.3 Å². The van der Waals surface area contributed by atoms with Crippen molar-refractivity contribution in [2.75, 3.05) is 6.54 Å². The summed E-state index contributed by atoms with van der Waals surface area (Å²) in [6.07, 6.45) is 2.67. The molecule has 0 saturated carbocycles. The van der Waals surface area contributed by atoms with Crippen LogP contribution < -0.4 is 11.1 Å². The molecule has 0 aliphatic rings. The van der Waals surface area contributed by atoms with Gasteiger partial charge in [0.25, 0.3) is 5.91 Å². The van der Waals surface area contributed by atoms with E-state index in [0.717, 1.165) is 23.1 Å². The number of rotatable bonds is 5. The SMILES string of the molecule is CCC(C)n1ncc2c(C(=O)NCC(C)(C)N)cc(C)nc21.Cl.Cl. The molecule has 1 amide bonds. The number of carbonyl (C=O) groups excluding carboxylic acids is 1. The Hall–Kier alpha value is -1.37. The average molecular weight is 376 g/mol. The number of aromatic nitrogens is 3. The van der Waals surface area contributed by atoms with Crippen LogP contribution in [0.25, 0.3) is 11.0 Å². The van der Waals surface area contributed by atoms with Crippen LogP contribution >= 0.6 is 24.8 Å². The lowest BCUT2D eigenvalue weighted by molar-refractivity contribution is 0.0947. The van der Waals surface area contributed by atoms with E-state index in [-0.39, 0.29) is 36.8 Å². The lowest BCUT2D eigenvalue weighted by Crippen LogP contribution is -2.45. The Labute approximate surface area is 155 Å². The molecule has 2 heterocycles. The van der Waals surface area contributed by atoms with Crippen molar-refractivity contribution in [3.05, 3.63) is 23.5 Å². The van der Waals surface area contributed by atoms with Crippen molar-refractivity contribution in [2.24, 2.45) is 5.73 Å². The fourth-order valence-electron chi connectivity index (χ4n) is 2.23. The molecule has 0 aliphatic heterocycles.